The Morgan fingerprint density at radius 2 is 1.30 bits per heavy atom. The van der Waals surface area contributed by atoms with Crippen LogP contribution < -0.4 is 5.46 Å². The predicted molar refractivity (Wildman–Crippen MR) is 97.1 cm³/mol. The molecule has 0 saturated carbocycles. The van der Waals surface area contributed by atoms with Gasteiger partial charge in [0, 0.05) is 0 Å². The quantitative estimate of drug-likeness (QED) is 0.771. The summed E-state index contributed by atoms with van der Waals surface area (Å²) in [6.07, 6.45) is 0. The van der Waals surface area contributed by atoms with Gasteiger partial charge in [-0.2, -0.15) is 0 Å². The third-order valence-corrected chi connectivity index (χ3v) is 5.22. The lowest BCUT2D eigenvalue weighted by atomic mass is 9.77. The number of benzene rings is 2. The summed E-state index contributed by atoms with van der Waals surface area (Å²) in [7, 11) is -0.316. The van der Waals surface area contributed by atoms with E-state index in [0.717, 1.165) is 5.46 Å². The minimum absolute atomic E-state index is 0.314. The Hall–Kier alpha value is -1.58. The molecule has 0 spiro atoms. The molecule has 0 unspecified atom stereocenters. The Morgan fingerprint density at radius 3 is 1.91 bits per heavy atom. The molecule has 120 valence electrons. The zero-order chi connectivity index (χ0) is 16.8. The average molecular weight is 308 g/mol. The van der Waals surface area contributed by atoms with Gasteiger partial charge in [0.2, 0.25) is 0 Å². The second kappa shape index (κ2) is 5.50. The van der Waals surface area contributed by atoms with Crippen LogP contribution in [0.1, 0.15) is 38.8 Å². The summed E-state index contributed by atoms with van der Waals surface area (Å²) in [5, 5.41) is 0. The van der Waals surface area contributed by atoms with Crippen molar-refractivity contribution in [2.75, 3.05) is 0 Å². The van der Waals surface area contributed by atoms with Gasteiger partial charge in [0.1, 0.15) is 0 Å². The molecular weight excluding hydrogens is 283 g/mol. The molecule has 0 aliphatic carbocycles. The van der Waals surface area contributed by atoms with E-state index in [2.05, 4.69) is 84.0 Å². The van der Waals surface area contributed by atoms with Gasteiger partial charge in [0.05, 0.1) is 11.2 Å². The standard InChI is InChI=1S/C20H25BO2/c1-14-9-7-8-10-17(14)18-13-16(12-11-15(18)2)21-22-19(3,4)20(5,6)23-21/h7-13H,1-6H3. The third-order valence-electron chi connectivity index (χ3n) is 5.22. The Morgan fingerprint density at radius 1 is 0.739 bits per heavy atom. The van der Waals surface area contributed by atoms with Gasteiger partial charge in [-0.15, -0.1) is 0 Å². The molecule has 3 heteroatoms. The second-order valence-corrected chi connectivity index (χ2v) is 7.48. The minimum Gasteiger partial charge on any atom is -0.399 e. The summed E-state index contributed by atoms with van der Waals surface area (Å²) >= 11 is 0. The Balaban J connectivity index is 2.01. The Bertz CT molecular complexity index is 718. The van der Waals surface area contributed by atoms with E-state index < -0.39 is 0 Å². The maximum absolute atomic E-state index is 6.19. The maximum atomic E-state index is 6.19. The minimum atomic E-state index is -0.316. The molecule has 1 fully saturated rings. The van der Waals surface area contributed by atoms with Crippen LogP contribution >= 0.6 is 0 Å². The van der Waals surface area contributed by atoms with E-state index in [-0.39, 0.29) is 18.3 Å². The molecule has 1 heterocycles. The second-order valence-electron chi connectivity index (χ2n) is 7.48. The highest BCUT2D eigenvalue weighted by Crippen LogP contribution is 2.37. The van der Waals surface area contributed by atoms with Crippen molar-refractivity contribution in [2.24, 2.45) is 0 Å². The summed E-state index contributed by atoms with van der Waals surface area (Å²) < 4.78 is 12.4. The summed E-state index contributed by atoms with van der Waals surface area (Å²) in [6, 6.07) is 15.0. The van der Waals surface area contributed by atoms with E-state index in [9.17, 15) is 0 Å². The fourth-order valence-electron chi connectivity index (χ4n) is 2.93. The highest BCUT2D eigenvalue weighted by molar-refractivity contribution is 6.62. The first-order chi connectivity index (χ1) is 10.7. The number of hydrogen-bond donors (Lipinski definition) is 0. The molecule has 2 aromatic carbocycles. The molecule has 0 aromatic heterocycles. The summed E-state index contributed by atoms with van der Waals surface area (Å²) in [5.74, 6) is 0. The van der Waals surface area contributed by atoms with Crippen LogP contribution in [0.2, 0.25) is 0 Å². The molecular formula is C20H25BO2. The van der Waals surface area contributed by atoms with Crippen LogP contribution in [0.5, 0.6) is 0 Å². The van der Waals surface area contributed by atoms with E-state index in [4.69, 9.17) is 9.31 Å². The van der Waals surface area contributed by atoms with E-state index in [1.807, 2.05) is 0 Å². The average Bonchev–Trinajstić information content (AvgIpc) is 2.69. The smallest absolute Gasteiger partial charge is 0.399 e. The van der Waals surface area contributed by atoms with Crippen molar-refractivity contribution >= 4 is 12.6 Å². The molecule has 0 amide bonds. The normalized spacial score (nSPS) is 19.1. The monoisotopic (exact) mass is 308 g/mol. The lowest BCUT2D eigenvalue weighted by Crippen LogP contribution is -2.41. The Kier molecular flexibility index (Phi) is 3.90. The molecule has 1 aliphatic rings. The van der Waals surface area contributed by atoms with Crippen molar-refractivity contribution in [3.63, 3.8) is 0 Å². The van der Waals surface area contributed by atoms with Crippen LogP contribution in [0.15, 0.2) is 42.5 Å². The van der Waals surface area contributed by atoms with E-state index in [0.29, 0.717) is 0 Å². The van der Waals surface area contributed by atoms with Crippen LogP contribution in [0.25, 0.3) is 11.1 Å². The van der Waals surface area contributed by atoms with Gasteiger partial charge in [-0.05, 0) is 69.3 Å². The van der Waals surface area contributed by atoms with Crippen LogP contribution in [0.3, 0.4) is 0 Å². The topological polar surface area (TPSA) is 18.5 Å². The molecule has 1 saturated heterocycles. The zero-order valence-electron chi connectivity index (χ0n) is 14.9. The maximum Gasteiger partial charge on any atom is 0.494 e. The molecule has 3 rings (SSSR count). The first-order valence-corrected chi connectivity index (χ1v) is 8.23. The predicted octanol–water partition coefficient (Wildman–Crippen LogP) is 4.27. The molecule has 2 nitrogen and oxygen atoms in total. The van der Waals surface area contributed by atoms with Gasteiger partial charge < -0.3 is 9.31 Å². The lowest BCUT2D eigenvalue weighted by Gasteiger charge is -2.32. The largest absolute Gasteiger partial charge is 0.494 e. The molecule has 0 bridgehead atoms. The van der Waals surface area contributed by atoms with Crippen molar-refractivity contribution in [3.8, 4) is 11.1 Å². The van der Waals surface area contributed by atoms with Crippen LogP contribution in [-0.2, 0) is 9.31 Å². The van der Waals surface area contributed by atoms with Crippen molar-refractivity contribution in [3.05, 3.63) is 53.6 Å². The summed E-state index contributed by atoms with van der Waals surface area (Å²) in [6.45, 7) is 12.6. The number of hydrogen-bond acceptors (Lipinski definition) is 2. The fourth-order valence-corrected chi connectivity index (χ4v) is 2.93. The van der Waals surface area contributed by atoms with Crippen molar-refractivity contribution in [1.82, 2.24) is 0 Å². The van der Waals surface area contributed by atoms with Gasteiger partial charge in [0.15, 0.2) is 0 Å². The first-order valence-electron chi connectivity index (χ1n) is 8.23. The SMILES string of the molecule is Cc1ccccc1-c1cc(B2OC(C)(C)C(C)(C)O2)ccc1C. The third kappa shape index (κ3) is 2.84. The zero-order valence-corrected chi connectivity index (χ0v) is 14.9. The number of aryl methyl sites for hydroxylation is 2. The van der Waals surface area contributed by atoms with E-state index >= 15 is 0 Å². The van der Waals surface area contributed by atoms with Crippen LogP contribution in [-0.4, -0.2) is 18.3 Å². The molecule has 0 atom stereocenters. The first kappa shape index (κ1) is 16.3. The van der Waals surface area contributed by atoms with E-state index in [1.165, 1.54) is 22.3 Å². The van der Waals surface area contributed by atoms with Crippen LogP contribution in [0, 0.1) is 13.8 Å². The van der Waals surface area contributed by atoms with Crippen molar-refractivity contribution < 1.29 is 9.31 Å². The highest BCUT2D eigenvalue weighted by atomic mass is 16.7. The van der Waals surface area contributed by atoms with Gasteiger partial charge in [-0.25, -0.2) is 0 Å². The molecule has 2 aromatic rings. The van der Waals surface area contributed by atoms with E-state index in [1.54, 1.807) is 0 Å². The van der Waals surface area contributed by atoms with Gasteiger partial charge in [-0.3, -0.25) is 0 Å². The number of rotatable bonds is 2. The lowest BCUT2D eigenvalue weighted by molar-refractivity contribution is 0.00578. The van der Waals surface area contributed by atoms with Crippen LogP contribution in [0.4, 0.5) is 0 Å². The highest BCUT2D eigenvalue weighted by Gasteiger charge is 2.51. The molecule has 1 aliphatic heterocycles. The van der Waals surface area contributed by atoms with Crippen molar-refractivity contribution in [2.45, 2.75) is 52.7 Å². The molecule has 23 heavy (non-hydrogen) atoms. The van der Waals surface area contributed by atoms with Gasteiger partial charge >= 0.3 is 7.12 Å². The Labute approximate surface area is 140 Å². The molecule has 0 radical (unpaired) electrons. The summed E-state index contributed by atoms with van der Waals surface area (Å²) in [4.78, 5) is 0. The molecule has 0 N–H and O–H groups in total. The fraction of sp³-hybridized carbons (Fsp3) is 0.400. The summed E-state index contributed by atoms with van der Waals surface area (Å²) in [5.41, 5.74) is 5.50. The van der Waals surface area contributed by atoms with Crippen molar-refractivity contribution in [1.29, 1.82) is 0 Å². The van der Waals surface area contributed by atoms with Gasteiger partial charge in [0.25, 0.3) is 0 Å². The van der Waals surface area contributed by atoms with Gasteiger partial charge in [-0.1, -0.05) is 42.5 Å².